The van der Waals surface area contributed by atoms with Gasteiger partial charge in [-0.3, -0.25) is 9.69 Å². The molecule has 5 nitrogen and oxygen atoms in total. The Morgan fingerprint density at radius 3 is 2.54 bits per heavy atom. The van der Waals surface area contributed by atoms with Crippen LogP contribution in [-0.2, 0) is 4.79 Å². The molecule has 0 spiro atoms. The Hall–Kier alpha value is -0.650. The molecule has 1 fully saturated rings. The van der Waals surface area contributed by atoms with Crippen LogP contribution in [0.25, 0.3) is 0 Å². The molecule has 2 N–H and O–H groups in total. The van der Waals surface area contributed by atoms with Gasteiger partial charge in [-0.05, 0) is 51.4 Å². The fraction of sp³-hybridized carbons (Fsp3) is 0.952. The molecule has 1 saturated heterocycles. The van der Waals surface area contributed by atoms with Crippen LogP contribution in [0, 0.1) is 11.8 Å². The van der Waals surface area contributed by atoms with Gasteiger partial charge in [0.25, 0.3) is 0 Å². The summed E-state index contributed by atoms with van der Waals surface area (Å²) < 4.78 is 0. The minimum absolute atomic E-state index is 0.0981. The Kier molecular flexibility index (Phi) is 12.2. The van der Waals surface area contributed by atoms with Crippen LogP contribution >= 0.6 is 0 Å². The third-order valence-electron chi connectivity index (χ3n) is 5.57. The van der Waals surface area contributed by atoms with Crippen molar-refractivity contribution in [3.05, 3.63) is 0 Å². The van der Waals surface area contributed by atoms with Crippen LogP contribution in [0.3, 0.4) is 0 Å². The zero-order valence-corrected chi connectivity index (χ0v) is 18.0. The highest BCUT2D eigenvalue weighted by molar-refractivity contribution is 5.78. The van der Waals surface area contributed by atoms with E-state index in [-0.39, 0.29) is 11.8 Å². The molecule has 1 aliphatic rings. The summed E-state index contributed by atoms with van der Waals surface area (Å²) in [6.45, 7) is 19.2. The van der Waals surface area contributed by atoms with Crippen LogP contribution in [-0.4, -0.2) is 74.1 Å². The van der Waals surface area contributed by atoms with Gasteiger partial charge in [0.15, 0.2) is 0 Å². The highest BCUT2D eigenvalue weighted by atomic mass is 16.1. The number of nitrogens with zero attached hydrogens (tertiary/aromatic N) is 2. The number of carbonyl (C=O) groups is 1. The summed E-state index contributed by atoms with van der Waals surface area (Å²) in [5.74, 6) is 1.02. The molecule has 0 aliphatic carbocycles. The monoisotopic (exact) mass is 368 g/mol. The van der Waals surface area contributed by atoms with Gasteiger partial charge in [0.05, 0.1) is 0 Å². The maximum atomic E-state index is 12.5. The fourth-order valence-corrected chi connectivity index (χ4v) is 3.80. The molecular formula is C21H44N4O. The summed E-state index contributed by atoms with van der Waals surface area (Å²) >= 11 is 0. The molecule has 154 valence electrons. The van der Waals surface area contributed by atoms with E-state index in [1.165, 1.54) is 25.8 Å². The van der Waals surface area contributed by atoms with Crippen molar-refractivity contribution in [2.75, 3.05) is 52.4 Å². The van der Waals surface area contributed by atoms with E-state index in [0.717, 1.165) is 52.2 Å². The second-order valence-corrected chi connectivity index (χ2v) is 8.24. The lowest BCUT2D eigenvalue weighted by Gasteiger charge is -2.37. The van der Waals surface area contributed by atoms with E-state index in [9.17, 15) is 4.79 Å². The topological polar surface area (TPSA) is 47.6 Å². The zero-order chi connectivity index (χ0) is 19.4. The van der Waals surface area contributed by atoms with Gasteiger partial charge < -0.3 is 15.5 Å². The van der Waals surface area contributed by atoms with Gasteiger partial charge >= 0.3 is 0 Å². The predicted octanol–water partition coefficient (Wildman–Crippen LogP) is 2.57. The van der Waals surface area contributed by atoms with Crippen LogP contribution in [0.5, 0.6) is 0 Å². The molecule has 2 atom stereocenters. The van der Waals surface area contributed by atoms with Crippen molar-refractivity contribution < 1.29 is 4.79 Å². The van der Waals surface area contributed by atoms with Crippen LogP contribution < -0.4 is 10.6 Å². The number of rotatable bonds is 13. The van der Waals surface area contributed by atoms with Gasteiger partial charge in [-0.25, -0.2) is 0 Å². The standard InChI is InChI=1S/C21H44N4O/c1-6-24(7-2)14-12-23-21(26)19(5)16-20-10-8-9-13-25(20)15-11-22-17-18(3)4/h18-20,22H,6-17H2,1-5H3,(H,23,26). The van der Waals surface area contributed by atoms with Crippen molar-refractivity contribution in [1.82, 2.24) is 20.4 Å². The van der Waals surface area contributed by atoms with E-state index in [0.29, 0.717) is 12.0 Å². The number of nitrogens with one attached hydrogen (secondary N) is 2. The minimum atomic E-state index is 0.0981. The van der Waals surface area contributed by atoms with Crippen LogP contribution in [0.15, 0.2) is 0 Å². The summed E-state index contributed by atoms with van der Waals surface area (Å²) in [4.78, 5) is 17.4. The van der Waals surface area contributed by atoms with Gasteiger partial charge in [-0.1, -0.05) is 41.0 Å². The summed E-state index contributed by atoms with van der Waals surface area (Å²) in [6, 6.07) is 0.563. The number of likely N-dealkylation sites (N-methyl/N-ethyl adjacent to an activating group) is 1. The number of hydrogen-bond donors (Lipinski definition) is 2. The van der Waals surface area contributed by atoms with Crippen molar-refractivity contribution in [1.29, 1.82) is 0 Å². The van der Waals surface area contributed by atoms with Gasteiger partial charge in [0.1, 0.15) is 0 Å². The molecule has 1 heterocycles. The molecule has 0 saturated carbocycles. The minimum Gasteiger partial charge on any atom is -0.355 e. The molecule has 1 amide bonds. The Labute approximate surface area is 162 Å². The van der Waals surface area contributed by atoms with Crippen LogP contribution in [0.2, 0.25) is 0 Å². The van der Waals surface area contributed by atoms with Crippen LogP contribution in [0.4, 0.5) is 0 Å². The Balaban J connectivity index is 2.33. The van der Waals surface area contributed by atoms with Crippen molar-refractivity contribution in [2.45, 2.75) is 66.3 Å². The maximum absolute atomic E-state index is 12.5. The first-order valence-corrected chi connectivity index (χ1v) is 10.9. The molecule has 1 aliphatic heterocycles. The average molecular weight is 369 g/mol. The number of likely N-dealkylation sites (tertiary alicyclic amines) is 1. The summed E-state index contributed by atoms with van der Waals surface area (Å²) in [5, 5.41) is 6.69. The highest BCUT2D eigenvalue weighted by Gasteiger charge is 2.26. The molecule has 1 rings (SSSR count). The van der Waals surface area contributed by atoms with Crippen molar-refractivity contribution in [3.63, 3.8) is 0 Å². The van der Waals surface area contributed by atoms with Crippen molar-refractivity contribution >= 4 is 5.91 Å². The lowest BCUT2D eigenvalue weighted by molar-refractivity contribution is -0.125. The van der Waals surface area contributed by atoms with Crippen LogP contribution in [0.1, 0.15) is 60.3 Å². The number of hydrogen-bond acceptors (Lipinski definition) is 4. The molecule has 0 radical (unpaired) electrons. The SMILES string of the molecule is CCN(CC)CCNC(=O)C(C)CC1CCCCN1CCNCC(C)C. The second-order valence-electron chi connectivity index (χ2n) is 8.24. The van der Waals surface area contributed by atoms with Gasteiger partial charge in [0.2, 0.25) is 5.91 Å². The molecule has 5 heteroatoms. The second kappa shape index (κ2) is 13.5. The zero-order valence-electron chi connectivity index (χ0n) is 18.0. The molecule has 2 unspecified atom stereocenters. The summed E-state index contributed by atoms with van der Waals surface area (Å²) in [7, 11) is 0. The first kappa shape index (κ1) is 23.4. The lowest BCUT2D eigenvalue weighted by atomic mass is 9.92. The van der Waals surface area contributed by atoms with E-state index in [2.05, 4.69) is 55.1 Å². The number of piperidine rings is 1. The molecule has 0 aromatic rings. The highest BCUT2D eigenvalue weighted by Crippen LogP contribution is 2.22. The Bertz CT molecular complexity index is 371. The maximum Gasteiger partial charge on any atom is 0.222 e. The molecule has 0 aromatic heterocycles. The van der Waals surface area contributed by atoms with Gasteiger partial charge in [-0.15, -0.1) is 0 Å². The Morgan fingerprint density at radius 1 is 1.15 bits per heavy atom. The van der Waals surface area contributed by atoms with Gasteiger partial charge in [-0.2, -0.15) is 0 Å². The normalized spacial score (nSPS) is 19.9. The van der Waals surface area contributed by atoms with Crippen molar-refractivity contribution in [2.24, 2.45) is 11.8 Å². The first-order valence-electron chi connectivity index (χ1n) is 10.9. The molecule has 26 heavy (non-hydrogen) atoms. The summed E-state index contributed by atoms with van der Waals surface area (Å²) in [5.41, 5.74) is 0. The smallest absolute Gasteiger partial charge is 0.222 e. The first-order chi connectivity index (χ1) is 12.5. The third kappa shape index (κ3) is 9.33. The third-order valence-corrected chi connectivity index (χ3v) is 5.57. The lowest BCUT2D eigenvalue weighted by Crippen LogP contribution is -2.45. The van der Waals surface area contributed by atoms with Crippen molar-refractivity contribution in [3.8, 4) is 0 Å². The van der Waals surface area contributed by atoms with E-state index < -0.39 is 0 Å². The number of carbonyl (C=O) groups excluding carboxylic acids is 1. The quantitative estimate of drug-likeness (QED) is 0.491. The van der Waals surface area contributed by atoms with E-state index in [4.69, 9.17) is 0 Å². The Morgan fingerprint density at radius 2 is 1.88 bits per heavy atom. The average Bonchev–Trinajstić information content (AvgIpc) is 2.63. The molecular weight excluding hydrogens is 324 g/mol. The predicted molar refractivity (Wildman–Crippen MR) is 111 cm³/mol. The van der Waals surface area contributed by atoms with E-state index in [1.807, 2.05) is 0 Å². The van der Waals surface area contributed by atoms with E-state index in [1.54, 1.807) is 0 Å². The summed E-state index contributed by atoms with van der Waals surface area (Å²) in [6.07, 6.45) is 4.82. The fourth-order valence-electron chi connectivity index (χ4n) is 3.80. The van der Waals surface area contributed by atoms with Gasteiger partial charge in [0, 0.05) is 38.1 Å². The number of amides is 1. The largest absolute Gasteiger partial charge is 0.355 e. The molecule has 0 aromatic carbocycles. The van der Waals surface area contributed by atoms with E-state index >= 15 is 0 Å². The molecule has 0 bridgehead atoms.